The van der Waals surface area contributed by atoms with Crippen molar-refractivity contribution in [3.63, 3.8) is 0 Å². The van der Waals surface area contributed by atoms with Gasteiger partial charge in [0, 0.05) is 48.1 Å². The zero-order valence-electron chi connectivity index (χ0n) is 26.0. The molecule has 0 radical (unpaired) electrons. The number of nitrogens with one attached hydrogen (secondary N) is 1. The number of carbonyl (C=O) groups excluding carboxylic acids is 2. The summed E-state index contributed by atoms with van der Waals surface area (Å²) in [7, 11) is 0. The van der Waals surface area contributed by atoms with E-state index in [1.807, 2.05) is 30.9 Å². The highest BCUT2D eigenvalue weighted by molar-refractivity contribution is 6.30. The minimum Gasteiger partial charge on any atom is -0.392 e. The minimum atomic E-state index is -0.995. The number of nitrogens with zero attached hydrogens (tertiary/aromatic N) is 2. The summed E-state index contributed by atoms with van der Waals surface area (Å²) in [6.45, 7) is 19.2. The molecule has 2 saturated heterocycles. The Balaban J connectivity index is 1.79. The van der Waals surface area contributed by atoms with E-state index in [1.165, 1.54) is 0 Å². The molecule has 2 aliphatic heterocycles. The van der Waals surface area contributed by atoms with Crippen LogP contribution in [0, 0.1) is 16.7 Å². The molecule has 40 heavy (non-hydrogen) atoms. The molecule has 0 bridgehead atoms. The molecule has 6 nitrogen and oxygen atoms in total. The van der Waals surface area contributed by atoms with Crippen LogP contribution in [0.5, 0.6) is 0 Å². The lowest BCUT2D eigenvalue weighted by Crippen LogP contribution is -2.67. The van der Waals surface area contributed by atoms with Crippen LogP contribution in [0.25, 0.3) is 0 Å². The second-order valence-corrected chi connectivity index (χ2v) is 15.6. The molecule has 7 heteroatoms. The molecule has 4 rings (SSSR count). The fraction of sp³-hybridized carbons (Fsp3) is 0.758. The summed E-state index contributed by atoms with van der Waals surface area (Å²) in [5.74, 6) is -0.152. The smallest absolute Gasteiger partial charge is 0.231 e. The van der Waals surface area contributed by atoms with Crippen LogP contribution in [0.3, 0.4) is 0 Å². The van der Waals surface area contributed by atoms with Gasteiger partial charge in [-0.05, 0) is 103 Å². The van der Waals surface area contributed by atoms with Gasteiger partial charge in [-0.1, -0.05) is 37.6 Å². The molecule has 1 aromatic carbocycles. The molecule has 224 valence electrons. The van der Waals surface area contributed by atoms with Crippen molar-refractivity contribution in [2.24, 2.45) is 16.7 Å². The van der Waals surface area contributed by atoms with Crippen LogP contribution >= 0.6 is 11.6 Å². The Kier molecular flexibility index (Phi) is 8.90. The standard InChI is InChI=1S/C33H52ClN3O3/c1-22(38)32(7,8)29(40)37(25-13-15-31(5,6)16-14-25)33(17-18-35-21-33)28(39)27-20-36(30(2,3)4)19-26(27)23-9-11-24(34)12-10-23/h9-12,22,25-27,35,38H,13-21H2,1-8H3/t22?,26-,27+,33-/m0/s1. The Morgan fingerprint density at radius 1 is 1.05 bits per heavy atom. The molecular weight excluding hydrogens is 522 g/mol. The first kappa shape index (κ1) is 31.5. The van der Waals surface area contributed by atoms with E-state index in [9.17, 15) is 9.90 Å². The molecule has 0 aromatic heterocycles. The zero-order chi connectivity index (χ0) is 29.7. The Bertz CT molecular complexity index is 1060. The average molecular weight is 574 g/mol. The number of carbonyl (C=O) groups is 2. The van der Waals surface area contributed by atoms with Gasteiger partial charge in [-0.25, -0.2) is 0 Å². The number of aliphatic hydroxyl groups is 1. The maximum absolute atomic E-state index is 15.2. The number of halogens is 1. The predicted molar refractivity (Wildman–Crippen MR) is 163 cm³/mol. The molecule has 4 atom stereocenters. The third kappa shape index (κ3) is 6.02. The van der Waals surface area contributed by atoms with Crippen LogP contribution in [0.4, 0.5) is 0 Å². The number of likely N-dealkylation sites (tertiary alicyclic amines) is 1. The van der Waals surface area contributed by atoms with Gasteiger partial charge in [0.1, 0.15) is 5.54 Å². The molecular formula is C33H52ClN3O3. The normalized spacial score (nSPS) is 28.9. The molecule has 2 N–H and O–H groups in total. The summed E-state index contributed by atoms with van der Waals surface area (Å²) in [6, 6.07) is 7.92. The molecule has 1 amide bonds. The maximum Gasteiger partial charge on any atom is 0.231 e. The topological polar surface area (TPSA) is 72.9 Å². The molecule has 2 heterocycles. The van der Waals surface area contributed by atoms with Gasteiger partial charge >= 0.3 is 0 Å². The highest BCUT2D eigenvalue weighted by Gasteiger charge is 2.58. The van der Waals surface area contributed by atoms with Crippen molar-refractivity contribution >= 4 is 23.3 Å². The van der Waals surface area contributed by atoms with Gasteiger partial charge < -0.3 is 15.3 Å². The van der Waals surface area contributed by atoms with E-state index in [1.54, 1.807) is 6.92 Å². The molecule has 1 unspecified atom stereocenters. The molecule has 1 aliphatic carbocycles. The van der Waals surface area contributed by atoms with Crippen LogP contribution in [-0.4, -0.2) is 76.0 Å². The van der Waals surface area contributed by atoms with E-state index in [0.29, 0.717) is 31.1 Å². The largest absolute Gasteiger partial charge is 0.392 e. The Hall–Kier alpha value is -1.47. The van der Waals surface area contributed by atoms with E-state index >= 15 is 4.79 Å². The summed E-state index contributed by atoms with van der Waals surface area (Å²) in [6.07, 6.45) is 3.57. The Morgan fingerprint density at radius 2 is 1.65 bits per heavy atom. The lowest BCUT2D eigenvalue weighted by molar-refractivity contribution is -0.164. The third-order valence-electron chi connectivity index (χ3n) is 10.4. The van der Waals surface area contributed by atoms with Crippen molar-refractivity contribution in [3.8, 4) is 0 Å². The van der Waals surface area contributed by atoms with Gasteiger partial charge in [-0.3, -0.25) is 14.5 Å². The van der Waals surface area contributed by atoms with Crippen LogP contribution in [0.2, 0.25) is 5.02 Å². The Morgan fingerprint density at radius 3 is 2.15 bits per heavy atom. The quantitative estimate of drug-likeness (QED) is 0.440. The number of amides is 1. The van der Waals surface area contributed by atoms with Crippen molar-refractivity contribution in [3.05, 3.63) is 34.9 Å². The van der Waals surface area contributed by atoms with Gasteiger partial charge in [0.2, 0.25) is 5.91 Å². The van der Waals surface area contributed by atoms with Crippen molar-refractivity contribution in [2.45, 2.75) is 117 Å². The first-order valence-corrected chi connectivity index (χ1v) is 15.6. The van der Waals surface area contributed by atoms with E-state index in [4.69, 9.17) is 11.6 Å². The fourth-order valence-electron chi connectivity index (χ4n) is 7.06. The van der Waals surface area contributed by atoms with Gasteiger partial charge in [-0.2, -0.15) is 0 Å². The summed E-state index contributed by atoms with van der Waals surface area (Å²) in [4.78, 5) is 34.1. The van der Waals surface area contributed by atoms with Crippen molar-refractivity contribution in [1.82, 2.24) is 15.1 Å². The van der Waals surface area contributed by atoms with Gasteiger partial charge in [0.15, 0.2) is 5.78 Å². The molecule has 0 spiro atoms. The highest BCUT2D eigenvalue weighted by atomic mass is 35.5. The van der Waals surface area contributed by atoms with E-state index in [0.717, 1.165) is 37.8 Å². The third-order valence-corrected chi connectivity index (χ3v) is 10.7. The van der Waals surface area contributed by atoms with Gasteiger partial charge in [-0.15, -0.1) is 0 Å². The molecule has 1 saturated carbocycles. The summed E-state index contributed by atoms with van der Waals surface area (Å²) in [5, 5.41) is 14.9. The van der Waals surface area contributed by atoms with E-state index in [-0.39, 0.29) is 40.5 Å². The van der Waals surface area contributed by atoms with Crippen LogP contribution < -0.4 is 5.32 Å². The van der Waals surface area contributed by atoms with E-state index in [2.05, 4.69) is 57.0 Å². The second-order valence-electron chi connectivity index (χ2n) is 15.1. The number of aliphatic hydroxyl groups excluding tert-OH is 1. The fourth-order valence-corrected chi connectivity index (χ4v) is 7.19. The SMILES string of the molecule is CC(O)C(C)(C)C(=O)N(C1CCC(C)(C)CC1)[C@@]1(C(=O)[C@@H]2CN(C(C)(C)C)C[C@H]2c2ccc(Cl)cc2)CCNC1. The minimum absolute atomic E-state index is 0.0171. The number of benzene rings is 1. The first-order chi connectivity index (χ1) is 18.5. The average Bonchev–Trinajstić information content (AvgIpc) is 3.54. The lowest BCUT2D eigenvalue weighted by atomic mass is 9.71. The Labute approximate surface area is 247 Å². The summed E-state index contributed by atoms with van der Waals surface area (Å²) in [5.41, 5.74) is -0.657. The zero-order valence-corrected chi connectivity index (χ0v) is 26.8. The van der Waals surface area contributed by atoms with Crippen molar-refractivity contribution in [1.29, 1.82) is 0 Å². The van der Waals surface area contributed by atoms with Crippen molar-refractivity contribution < 1.29 is 14.7 Å². The highest BCUT2D eigenvalue weighted by Crippen LogP contribution is 2.46. The van der Waals surface area contributed by atoms with E-state index < -0.39 is 17.1 Å². The number of hydrogen-bond donors (Lipinski definition) is 2. The van der Waals surface area contributed by atoms with Gasteiger partial charge in [0.25, 0.3) is 0 Å². The number of hydrogen-bond acceptors (Lipinski definition) is 5. The second kappa shape index (κ2) is 11.3. The van der Waals surface area contributed by atoms with Crippen LogP contribution in [-0.2, 0) is 9.59 Å². The molecule has 3 fully saturated rings. The lowest BCUT2D eigenvalue weighted by Gasteiger charge is -2.51. The van der Waals surface area contributed by atoms with Crippen LogP contribution in [0.15, 0.2) is 24.3 Å². The summed E-state index contributed by atoms with van der Waals surface area (Å²) >= 11 is 6.24. The first-order valence-electron chi connectivity index (χ1n) is 15.3. The molecule has 3 aliphatic rings. The van der Waals surface area contributed by atoms with Crippen LogP contribution in [0.1, 0.15) is 99.0 Å². The van der Waals surface area contributed by atoms with Crippen molar-refractivity contribution in [2.75, 3.05) is 26.2 Å². The predicted octanol–water partition coefficient (Wildman–Crippen LogP) is 5.66. The maximum atomic E-state index is 15.2. The molecule has 1 aromatic rings. The summed E-state index contributed by atoms with van der Waals surface area (Å²) < 4.78 is 0. The number of ketones is 1. The van der Waals surface area contributed by atoms with Gasteiger partial charge in [0.05, 0.1) is 11.5 Å². The monoisotopic (exact) mass is 573 g/mol. The number of Topliss-reactive ketones (excluding diaryl/α,β-unsaturated/α-hetero) is 1. The number of rotatable bonds is 7.